The van der Waals surface area contributed by atoms with Crippen molar-refractivity contribution in [1.29, 1.82) is 0 Å². The van der Waals surface area contributed by atoms with Crippen molar-refractivity contribution >= 4 is 41.5 Å². The van der Waals surface area contributed by atoms with E-state index < -0.39 is 0 Å². The van der Waals surface area contributed by atoms with Gasteiger partial charge in [-0.2, -0.15) is 0 Å². The molecule has 0 aliphatic carbocycles. The fourth-order valence-electron chi connectivity index (χ4n) is 3.21. The van der Waals surface area contributed by atoms with Crippen LogP contribution in [0.15, 0.2) is 23.2 Å². The van der Waals surface area contributed by atoms with Gasteiger partial charge in [0.05, 0.1) is 6.54 Å². The van der Waals surface area contributed by atoms with Gasteiger partial charge in [0.25, 0.3) is 0 Å². The van der Waals surface area contributed by atoms with Crippen LogP contribution in [0.1, 0.15) is 36.5 Å². The molecule has 148 valence electrons. The zero-order valence-electron chi connectivity index (χ0n) is 15.6. The summed E-state index contributed by atoms with van der Waals surface area (Å²) in [5, 5.41) is 12.3. The maximum absolute atomic E-state index is 14.0. The van der Waals surface area contributed by atoms with Gasteiger partial charge < -0.3 is 14.8 Å². The third kappa shape index (κ3) is 5.31. The first-order valence-electron chi connectivity index (χ1n) is 8.85. The van der Waals surface area contributed by atoms with E-state index in [-0.39, 0.29) is 29.8 Å². The molecule has 0 fully saturated rings. The molecule has 0 radical (unpaired) electrons. The van der Waals surface area contributed by atoms with Crippen LogP contribution in [0.25, 0.3) is 0 Å². The van der Waals surface area contributed by atoms with E-state index in [9.17, 15) is 4.39 Å². The molecular weight excluding hydrogens is 482 g/mol. The maximum Gasteiger partial charge on any atom is 0.194 e. The molecule has 1 aromatic carbocycles. The minimum atomic E-state index is -0.317. The summed E-state index contributed by atoms with van der Waals surface area (Å²) >= 11 is 6.13. The lowest BCUT2D eigenvalue weighted by atomic mass is 10.2. The van der Waals surface area contributed by atoms with Gasteiger partial charge in [0.1, 0.15) is 11.6 Å². The Kier molecular flexibility index (Phi) is 8.28. The van der Waals surface area contributed by atoms with Crippen LogP contribution in [0.2, 0.25) is 5.02 Å². The quantitative estimate of drug-likeness (QED) is 0.391. The van der Waals surface area contributed by atoms with Crippen LogP contribution in [-0.2, 0) is 26.1 Å². The monoisotopic (exact) mass is 506 g/mol. The van der Waals surface area contributed by atoms with Gasteiger partial charge in [0.15, 0.2) is 11.8 Å². The van der Waals surface area contributed by atoms with Crippen LogP contribution in [0, 0.1) is 5.82 Å². The van der Waals surface area contributed by atoms with E-state index in [0.29, 0.717) is 29.6 Å². The second-order valence-corrected chi connectivity index (χ2v) is 6.86. The third-order valence-electron chi connectivity index (χ3n) is 4.62. The summed E-state index contributed by atoms with van der Waals surface area (Å²) in [5.74, 6) is 2.29. The van der Waals surface area contributed by atoms with Gasteiger partial charge in [-0.15, -0.1) is 34.2 Å². The van der Waals surface area contributed by atoms with Crippen LogP contribution in [0.4, 0.5) is 4.39 Å². The number of nitrogens with one attached hydrogen (secondary N) is 1. The number of hydrogen-bond donors (Lipinski definition) is 1. The van der Waals surface area contributed by atoms with Gasteiger partial charge in [-0.3, -0.25) is 4.99 Å². The first-order chi connectivity index (χ1) is 12.6. The molecule has 27 heavy (non-hydrogen) atoms. The number of aryl methyl sites for hydroxylation is 1. The van der Waals surface area contributed by atoms with Crippen LogP contribution in [0.5, 0.6) is 0 Å². The average Bonchev–Trinajstić information content (AvgIpc) is 2.85. The molecule has 1 aromatic heterocycles. The minimum Gasteiger partial charge on any atom is -0.349 e. The number of hydrogen-bond acceptors (Lipinski definition) is 3. The van der Waals surface area contributed by atoms with E-state index in [2.05, 4.69) is 25.1 Å². The predicted molar refractivity (Wildman–Crippen MR) is 116 cm³/mol. The first kappa shape index (κ1) is 21.9. The van der Waals surface area contributed by atoms with Gasteiger partial charge in [-0.25, -0.2) is 4.39 Å². The number of guanidine groups is 1. The average molecular weight is 507 g/mol. The summed E-state index contributed by atoms with van der Waals surface area (Å²) in [6.45, 7) is 1.80. The highest BCUT2D eigenvalue weighted by molar-refractivity contribution is 14.0. The minimum absolute atomic E-state index is 0. The second-order valence-electron chi connectivity index (χ2n) is 6.45. The Bertz CT molecular complexity index is 774. The van der Waals surface area contributed by atoms with Crippen molar-refractivity contribution < 1.29 is 4.39 Å². The van der Waals surface area contributed by atoms with Crippen molar-refractivity contribution in [2.75, 3.05) is 14.1 Å². The van der Waals surface area contributed by atoms with Crippen LogP contribution in [0.3, 0.4) is 0 Å². The van der Waals surface area contributed by atoms with Crippen molar-refractivity contribution in [2.24, 2.45) is 4.99 Å². The molecular formula is C18H25ClFIN6. The number of halogens is 3. The van der Waals surface area contributed by atoms with Gasteiger partial charge >= 0.3 is 0 Å². The summed E-state index contributed by atoms with van der Waals surface area (Å²) in [6, 6.07) is 4.71. The van der Waals surface area contributed by atoms with Crippen molar-refractivity contribution in [1.82, 2.24) is 25.0 Å². The van der Waals surface area contributed by atoms with Gasteiger partial charge in [0.2, 0.25) is 0 Å². The molecule has 9 heteroatoms. The molecule has 0 saturated carbocycles. The summed E-state index contributed by atoms with van der Waals surface area (Å²) < 4.78 is 16.2. The molecule has 0 amide bonds. The third-order valence-corrected chi connectivity index (χ3v) is 4.98. The summed E-state index contributed by atoms with van der Waals surface area (Å²) in [5.41, 5.74) is 0.455. The highest BCUT2D eigenvalue weighted by Gasteiger charge is 2.16. The van der Waals surface area contributed by atoms with E-state index in [1.165, 1.54) is 18.9 Å². The van der Waals surface area contributed by atoms with Gasteiger partial charge in [-0.05, 0) is 25.0 Å². The van der Waals surface area contributed by atoms with Gasteiger partial charge in [0, 0.05) is 44.2 Å². The zero-order valence-corrected chi connectivity index (χ0v) is 18.7. The molecule has 1 N–H and O–H groups in total. The normalized spacial score (nSPS) is 14.1. The predicted octanol–water partition coefficient (Wildman–Crippen LogP) is 3.62. The number of rotatable bonds is 4. The Hall–Kier alpha value is -1.42. The number of aromatic nitrogens is 3. The number of fused-ring (bicyclic) bond motifs is 1. The lowest BCUT2D eigenvalue weighted by Crippen LogP contribution is -2.38. The zero-order chi connectivity index (χ0) is 18.5. The molecule has 0 bridgehead atoms. The van der Waals surface area contributed by atoms with E-state index in [4.69, 9.17) is 11.6 Å². The summed E-state index contributed by atoms with van der Waals surface area (Å²) in [4.78, 5) is 6.12. The molecule has 0 saturated heterocycles. The van der Waals surface area contributed by atoms with Crippen molar-refractivity contribution in [3.63, 3.8) is 0 Å². The van der Waals surface area contributed by atoms with Crippen LogP contribution >= 0.6 is 35.6 Å². The molecule has 1 aliphatic rings. The molecule has 2 aromatic rings. The second kappa shape index (κ2) is 10.2. The fraction of sp³-hybridized carbons (Fsp3) is 0.500. The van der Waals surface area contributed by atoms with E-state index >= 15 is 0 Å². The van der Waals surface area contributed by atoms with Crippen molar-refractivity contribution in [3.8, 4) is 0 Å². The Morgan fingerprint density at radius 2 is 2.15 bits per heavy atom. The molecule has 0 unspecified atom stereocenters. The van der Waals surface area contributed by atoms with E-state index in [1.54, 1.807) is 19.2 Å². The standard InChI is InChI=1S/C18H24ClFN6.HI/c1-21-18(25(2)12-13-14(19)7-6-8-15(13)20)22-11-17-24-23-16-9-4-3-5-10-26(16)17;/h6-8H,3-5,9-12H2,1-2H3,(H,21,22);1H. The molecule has 2 heterocycles. The highest BCUT2D eigenvalue weighted by Crippen LogP contribution is 2.20. The smallest absolute Gasteiger partial charge is 0.194 e. The Morgan fingerprint density at radius 1 is 1.33 bits per heavy atom. The topological polar surface area (TPSA) is 58.3 Å². The van der Waals surface area contributed by atoms with Crippen LogP contribution in [-0.4, -0.2) is 39.7 Å². The van der Waals surface area contributed by atoms with E-state index in [1.807, 2.05) is 11.9 Å². The van der Waals surface area contributed by atoms with Gasteiger partial charge in [-0.1, -0.05) is 24.1 Å². The lowest BCUT2D eigenvalue weighted by molar-refractivity contribution is 0.458. The summed E-state index contributed by atoms with van der Waals surface area (Å²) in [7, 11) is 3.55. The summed E-state index contributed by atoms with van der Waals surface area (Å²) in [6.07, 6.45) is 4.52. The number of benzene rings is 1. The first-order valence-corrected chi connectivity index (χ1v) is 9.23. The molecule has 3 rings (SSSR count). The Morgan fingerprint density at radius 3 is 2.89 bits per heavy atom. The fourth-order valence-corrected chi connectivity index (χ4v) is 3.44. The van der Waals surface area contributed by atoms with Crippen molar-refractivity contribution in [2.45, 2.75) is 45.3 Å². The SMILES string of the molecule is CN=C(NCc1nnc2n1CCCCC2)N(C)Cc1c(F)cccc1Cl.I. The van der Waals surface area contributed by atoms with E-state index in [0.717, 1.165) is 31.0 Å². The van der Waals surface area contributed by atoms with Crippen molar-refractivity contribution in [3.05, 3.63) is 46.3 Å². The Balaban J connectivity index is 0.00000261. The number of nitrogens with zero attached hydrogens (tertiary/aromatic N) is 5. The molecule has 1 aliphatic heterocycles. The molecule has 6 nitrogen and oxygen atoms in total. The van der Waals surface area contributed by atoms with Crippen LogP contribution < -0.4 is 5.32 Å². The molecule has 0 atom stereocenters. The largest absolute Gasteiger partial charge is 0.349 e. The number of aliphatic imine (C=N–C) groups is 1. The molecule has 0 spiro atoms. The maximum atomic E-state index is 14.0. The highest BCUT2D eigenvalue weighted by atomic mass is 127. The lowest BCUT2D eigenvalue weighted by Gasteiger charge is -2.23. The Labute approximate surface area is 181 Å².